The first-order chi connectivity index (χ1) is 16.2. The smallest absolute Gasteiger partial charge is 0.316 e. The molecule has 0 atom stereocenters. The number of amides is 2. The Bertz CT molecular complexity index is 1540. The predicted octanol–water partition coefficient (Wildman–Crippen LogP) is 2.90. The molecule has 3 rings (SSSR count). The van der Waals surface area contributed by atoms with Gasteiger partial charge in [0, 0.05) is 11.8 Å². The van der Waals surface area contributed by atoms with Crippen LogP contribution in [-0.2, 0) is 20.2 Å². The van der Waals surface area contributed by atoms with Crippen molar-refractivity contribution in [1.82, 2.24) is 9.97 Å². The molecule has 14 nitrogen and oxygen atoms in total. The summed E-state index contributed by atoms with van der Waals surface area (Å²) in [5, 5.41) is 12.1. The van der Waals surface area contributed by atoms with Crippen LogP contribution in [0.4, 0.5) is 42.3 Å². The molecular weight excluding hydrogens is 516 g/mol. The van der Waals surface area contributed by atoms with Gasteiger partial charge in [0.2, 0.25) is 17.8 Å². The SMILES string of the molecule is NC(=O)Nc1cc(Nc2nc(F)cc(F)n2)ccc1N=Nc1ccc(S(=O)(=O)O)cc1S(=O)(=O)O. The Kier molecular flexibility index (Phi) is 7.01. The zero-order valence-corrected chi connectivity index (χ0v) is 18.5. The summed E-state index contributed by atoms with van der Waals surface area (Å²) in [4.78, 5) is 16.3. The van der Waals surface area contributed by atoms with Crippen LogP contribution in [0.2, 0.25) is 0 Å². The highest BCUT2D eigenvalue weighted by atomic mass is 32.2. The highest BCUT2D eigenvalue weighted by molar-refractivity contribution is 7.86. The zero-order valence-electron chi connectivity index (χ0n) is 16.9. The van der Waals surface area contributed by atoms with Crippen LogP contribution < -0.4 is 16.4 Å². The lowest BCUT2D eigenvalue weighted by atomic mass is 10.2. The second-order valence-corrected chi connectivity index (χ2v) is 9.27. The lowest BCUT2D eigenvalue weighted by Crippen LogP contribution is -2.19. The molecule has 0 aliphatic carbocycles. The van der Waals surface area contributed by atoms with Crippen molar-refractivity contribution >= 4 is 55.0 Å². The molecule has 3 aromatic rings. The number of primary amides is 1. The molecule has 1 aromatic heterocycles. The maximum Gasteiger partial charge on any atom is 0.316 e. The zero-order chi connectivity index (χ0) is 26.0. The monoisotopic (exact) mass is 529 g/mol. The summed E-state index contributed by atoms with van der Waals surface area (Å²) in [5.41, 5.74) is 4.51. The van der Waals surface area contributed by atoms with Crippen molar-refractivity contribution in [2.75, 3.05) is 10.6 Å². The summed E-state index contributed by atoms with van der Waals surface area (Å²) < 4.78 is 90.9. The van der Waals surface area contributed by atoms with Crippen molar-refractivity contribution in [3.05, 3.63) is 54.4 Å². The van der Waals surface area contributed by atoms with E-state index in [1.54, 1.807) is 0 Å². The number of halogens is 2. The number of anilines is 3. The van der Waals surface area contributed by atoms with Gasteiger partial charge >= 0.3 is 6.03 Å². The van der Waals surface area contributed by atoms with E-state index in [0.29, 0.717) is 12.1 Å². The van der Waals surface area contributed by atoms with Gasteiger partial charge in [-0.1, -0.05) is 0 Å². The summed E-state index contributed by atoms with van der Waals surface area (Å²) in [6, 6.07) is 5.28. The Hall–Kier alpha value is -4.13. The Morgan fingerprint density at radius 2 is 1.49 bits per heavy atom. The van der Waals surface area contributed by atoms with Gasteiger partial charge in [0.05, 0.1) is 10.6 Å². The second kappa shape index (κ2) is 9.62. The maximum absolute atomic E-state index is 13.3. The molecule has 0 saturated heterocycles. The predicted molar refractivity (Wildman–Crippen MR) is 115 cm³/mol. The van der Waals surface area contributed by atoms with E-state index in [0.717, 1.165) is 12.1 Å². The fraction of sp³-hybridized carbons (Fsp3) is 0. The van der Waals surface area contributed by atoms with E-state index in [2.05, 4.69) is 30.8 Å². The van der Waals surface area contributed by atoms with E-state index in [9.17, 15) is 35.0 Å². The number of hydrogen-bond donors (Lipinski definition) is 5. The van der Waals surface area contributed by atoms with Gasteiger partial charge in [-0.05, 0) is 36.4 Å². The van der Waals surface area contributed by atoms with E-state index < -0.39 is 59.6 Å². The summed E-state index contributed by atoms with van der Waals surface area (Å²) >= 11 is 0. The van der Waals surface area contributed by atoms with Crippen molar-refractivity contribution in [3.63, 3.8) is 0 Å². The lowest BCUT2D eigenvalue weighted by molar-refractivity contribution is 0.259. The molecule has 184 valence electrons. The van der Waals surface area contributed by atoms with Crippen LogP contribution in [0.3, 0.4) is 0 Å². The molecule has 2 amide bonds. The van der Waals surface area contributed by atoms with Crippen LogP contribution in [-0.4, -0.2) is 41.9 Å². The van der Waals surface area contributed by atoms with Crippen molar-refractivity contribution < 1.29 is 39.5 Å². The van der Waals surface area contributed by atoms with Crippen molar-refractivity contribution in [2.45, 2.75) is 9.79 Å². The number of benzene rings is 2. The van der Waals surface area contributed by atoms with E-state index in [1.807, 2.05) is 0 Å². The molecule has 0 radical (unpaired) electrons. The van der Waals surface area contributed by atoms with Gasteiger partial charge < -0.3 is 16.4 Å². The minimum absolute atomic E-state index is 0.105. The minimum atomic E-state index is -5.00. The van der Waals surface area contributed by atoms with Crippen molar-refractivity contribution in [3.8, 4) is 0 Å². The average Bonchev–Trinajstić information content (AvgIpc) is 2.70. The molecule has 6 N–H and O–H groups in total. The minimum Gasteiger partial charge on any atom is -0.351 e. The number of hydrogen-bond acceptors (Lipinski definition) is 10. The number of nitrogens with one attached hydrogen (secondary N) is 2. The van der Waals surface area contributed by atoms with Gasteiger partial charge in [0.1, 0.15) is 16.3 Å². The quantitative estimate of drug-likeness (QED) is 0.171. The molecule has 0 aliphatic rings. The number of urea groups is 1. The number of nitrogens with zero attached hydrogens (tertiary/aromatic N) is 4. The van der Waals surface area contributed by atoms with Crippen LogP contribution in [0.1, 0.15) is 0 Å². The second-order valence-electron chi connectivity index (χ2n) is 6.46. The van der Waals surface area contributed by atoms with Gasteiger partial charge in [0.25, 0.3) is 20.2 Å². The number of nitrogens with two attached hydrogens (primary N) is 1. The molecule has 0 unspecified atom stereocenters. The number of azo groups is 1. The van der Waals surface area contributed by atoms with Crippen LogP contribution >= 0.6 is 0 Å². The lowest BCUT2D eigenvalue weighted by Gasteiger charge is -2.10. The molecule has 35 heavy (non-hydrogen) atoms. The Morgan fingerprint density at radius 1 is 0.886 bits per heavy atom. The third-order valence-corrected chi connectivity index (χ3v) is 5.68. The first-order valence-electron chi connectivity index (χ1n) is 8.91. The summed E-state index contributed by atoms with van der Waals surface area (Å²) in [5.74, 6) is -2.73. The number of rotatable bonds is 7. The Labute approximate surface area is 195 Å². The summed E-state index contributed by atoms with van der Waals surface area (Å²) in [7, 11) is -9.80. The van der Waals surface area contributed by atoms with Crippen LogP contribution in [0.25, 0.3) is 0 Å². The molecule has 18 heteroatoms. The first-order valence-corrected chi connectivity index (χ1v) is 11.8. The van der Waals surface area contributed by atoms with Crippen LogP contribution in [0.15, 0.2) is 62.5 Å². The number of carbonyl (C=O) groups is 1. The normalized spacial score (nSPS) is 12.0. The van der Waals surface area contributed by atoms with Gasteiger partial charge in [0.15, 0.2) is 0 Å². The number of aromatic nitrogens is 2. The average molecular weight is 529 g/mol. The maximum atomic E-state index is 13.3. The van der Waals surface area contributed by atoms with Gasteiger partial charge in [-0.2, -0.15) is 35.6 Å². The Balaban J connectivity index is 2.02. The third-order valence-electron chi connectivity index (χ3n) is 3.95. The molecular formula is C17H13F2N7O7S2. The van der Waals surface area contributed by atoms with Crippen molar-refractivity contribution in [2.24, 2.45) is 16.0 Å². The fourth-order valence-corrected chi connectivity index (χ4v) is 3.79. The van der Waals surface area contributed by atoms with Crippen LogP contribution in [0, 0.1) is 11.9 Å². The number of carbonyl (C=O) groups excluding carboxylic acids is 1. The highest BCUT2D eigenvalue weighted by Crippen LogP contribution is 2.33. The van der Waals surface area contributed by atoms with E-state index >= 15 is 0 Å². The molecule has 1 heterocycles. The van der Waals surface area contributed by atoms with E-state index in [1.165, 1.54) is 18.2 Å². The molecule has 0 saturated carbocycles. The fourth-order valence-electron chi connectivity index (χ4n) is 2.56. The van der Waals surface area contributed by atoms with E-state index in [4.69, 9.17) is 10.3 Å². The first kappa shape index (κ1) is 25.5. The van der Waals surface area contributed by atoms with Gasteiger partial charge in [-0.25, -0.2) is 4.79 Å². The third kappa shape index (κ3) is 6.69. The molecule has 0 aliphatic heterocycles. The van der Waals surface area contributed by atoms with E-state index in [-0.39, 0.29) is 17.1 Å². The molecule has 0 fully saturated rings. The summed E-state index contributed by atoms with van der Waals surface area (Å²) in [6.07, 6.45) is 0. The highest BCUT2D eigenvalue weighted by Gasteiger charge is 2.21. The van der Waals surface area contributed by atoms with Gasteiger partial charge in [-0.15, -0.1) is 10.2 Å². The largest absolute Gasteiger partial charge is 0.351 e. The standard InChI is InChI=1S/C17H13F2N7O7S2/c18-14-7-15(19)24-17(23-14)21-8-1-3-10(12(5-8)22-16(20)27)25-26-11-4-2-9(34(28,29)30)6-13(11)35(31,32)33/h1-7H,(H3,20,22,27)(H,21,23,24)(H,28,29,30)(H,31,32,33). The van der Waals surface area contributed by atoms with Crippen molar-refractivity contribution in [1.29, 1.82) is 0 Å². The molecule has 2 aromatic carbocycles. The van der Waals surface area contributed by atoms with Crippen LogP contribution in [0.5, 0.6) is 0 Å². The van der Waals surface area contributed by atoms with Gasteiger partial charge in [-0.3, -0.25) is 9.11 Å². The topological polar surface area (TPSA) is 226 Å². The summed E-state index contributed by atoms with van der Waals surface area (Å²) in [6.45, 7) is 0. The molecule has 0 spiro atoms. The molecule has 0 bridgehead atoms. The Morgan fingerprint density at radius 3 is 2.06 bits per heavy atom.